The summed E-state index contributed by atoms with van der Waals surface area (Å²) in [6.45, 7) is 25.6. The quantitative estimate of drug-likeness (QED) is 0.136. The Kier molecular flexibility index (Phi) is 11.6. The summed E-state index contributed by atoms with van der Waals surface area (Å²) < 4.78 is 0. The third kappa shape index (κ3) is 9.18. The van der Waals surface area contributed by atoms with Crippen LogP contribution in [0.15, 0.2) is 48.5 Å². The molecule has 4 nitrogen and oxygen atoms in total. The highest BCUT2D eigenvalue weighted by Gasteiger charge is 2.26. The Morgan fingerprint density at radius 3 is 0.647 bits per heavy atom. The lowest BCUT2D eigenvalue weighted by atomic mass is 9.80. The third-order valence-corrected chi connectivity index (χ3v) is 10.5. The van der Waals surface area contributed by atoms with Crippen LogP contribution >= 0.6 is 23.2 Å². The van der Waals surface area contributed by atoms with Gasteiger partial charge in [-0.15, -0.1) is 23.2 Å². The van der Waals surface area contributed by atoms with Crippen LogP contribution in [0, 0.1) is 0 Å². The van der Waals surface area contributed by atoms with Crippen molar-refractivity contribution in [2.75, 3.05) is 0 Å². The number of aromatic hydroxyl groups is 4. The molecule has 0 bridgehead atoms. The van der Waals surface area contributed by atoms with Gasteiger partial charge in [-0.3, -0.25) is 0 Å². The van der Waals surface area contributed by atoms with Crippen molar-refractivity contribution in [3.05, 3.63) is 115 Å². The van der Waals surface area contributed by atoms with E-state index in [2.05, 4.69) is 83.1 Å². The lowest BCUT2D eigenvalue weighted by Gasteiger charge is -2.26. The Labute approximate surface area is 316 Å². The molecule has 4 N–H and O–H groups in total. The largest absolute Gasteiger partial charge is 0.507 e. The molecule has 0 spiro atoms. The average molecular weight is 734 g/mol. The maximum absolute atomic E-state index is 11.9. The molecule has 0 heterocycles. The molecule has 0 atom stereocenters. The van der Waals surface area contributed by atoms with E-state index in [1.54, 1.807) is 0 Å². The molecule has 4 rings (SSSR count). The van der Waals surface area contributed by atoms with Crippen LogP contribution in [0.2, 0.25) is 0 Å². The van der Waals surface area contributed by atoms with Crippen LogP contribution in [0.25, 0.3) is 0 Å². The molecule has 6 heteroatoms. The summed E-state index contributed by atoms with van der Waals surface area (Å²) in [4.78, 5) is 0. The number of rotatable bonds is 8. The Bertz CT molecular complexity index is 1770. The summed E-state index contributed by atoms with van der Waals surface area (Å²) in [5.74, 6) is 0.937. The molecule has 4 aromatic carbocycles. The number of phenols is 4. The van der Waals surface area contributed by atoms with E-state index < -0.39 is 0 Å². The summed E-state index contributed by atoms with van der Waals surface area (Å²) >= 11 is 12.6. The molecule has 276 valence electrons. The van der Waals surface area contributed by atoms with Crippen molar-refractivity contribution < 1.29 is 20.4 Å². The van der Waals surface area contributed by atoms with Crippen molar-refractivity contribution in [1.29, 1.82) is 0 Å². The molecule has 0 aliphatic rings. The van der Waals surface area contributed by atoms with Crippen LogP contribution < -0.4 is 0 Å². The molecule has 0 aliphatic heterocycles. The Morgan fingerprint density at radius 2 is 0.490 bits per heavy atom. The molecule has 0 radical (unpaired) electrons. The first-order valence-electron chi connectivity index (χ1n) is 17.9. The van der Waals surface area contributed by atoms with Gasteiger partial charge >= 0.3 is 0 Å². The summed E-state index contributed by atoms with van der Waals surface area (Å²) in [5, 5.41) is 46.4. The zero-order valence-electron chi connectivity index (χ0n) is 32.7. The van der Waals surface area contributed by atoms with Gasteiger partial charge < -0.3 is 20.4 Å². The Morgan fingerprint density at radius 1 is 0.333 bits per heavy atom. The lowest BCUT2D eigenvalue weighted by molar-refractivity contribution is 0.451. The Balaban J connectivity index is 1.89. The number of hydrogen-bond donors (Lipinski definition) is 4. The summed E-state index contributed by atoms with van der Waals surface area (Å²) in [6, 6.07) is 16.1. The fraction of sp³-hybridized carbons (Fsp3) is 0.467. The third-order valence-electron chi connectivity index (χ3n) is 9.97. The number of benzene rings is 4. The number of hydrogen-bond acceptors (Lipinski definition) is 4. The fourth-order valence-corrected chi connectivity index (χ4v) is 6.81. The topological polar surface area (TPSA) is 80.9 Å². The second-order valence-electron chi connectivity index (χ2n) is 18.4. The number of alkyl halides is 2. The van der Waals surface area contributed by atoms with Gasteiger partial charge in [0.25, 0.3) is 0 Å². The van der Waals surface area contributed by atoms with Crippen LogP contribution in [0.5, 0.6) is 23.0 Å². The Hall–Kier alpha value is -3.34. The molecule has 0 aromatic heterocycles. The highest BCUT2D eigenvalue weighted by Crippen LogP contribution is 2.41. The van der Waals surface area contributed by atoms with Gasteiger partial charge in [0.2, 0.25) is 0 Å². The van der Waals surface area contributed by atoms with Crippen molar-refractivity contribution in [3.8, 4) is 23.0 Å². The van der Waals surface area contributed by atoms with E-state index in [4.69, 9.17) is 23.2 Å². The molecule has 0 saturated heterocycles. The van der Waals surface area contributed by atoms with Gasteiger partial charge in [-0.2, -0.15) is 0 Å². The predicted octanol–water partition coefficient (Wildman–Crippen LogP) is 11.9. The normalized spacial score (nSPS) is 12.8. The minimum Gasteiger partial charge on any atom is -0.507 e. The van der Waals surface area contributed by atoms with Crippen LogP contribution in [0.1, 0.15) is 150 Å². The molecule has 4 aromatic rings. The summed E-state index contributed by atoms with van der Waals surface area (Å²) in [7, 11) is 0. The fourth-order valence-electron chi connectivity index (χ4n) is 6.40. The van der Waals surface area contributed by atoms with E-state index in [9.17, 15) is 20.4 Å². The van der Waals surface area contributed by atoms with Crippen LogP contribution in [-0.4, -0.2) is 20.4 Å². The molecular formula is C45H58Cl2O4. The van der Waals surface area contributed by atoms with E-state index in [0.717, 1.165) is 22.3 Å². The van der Waals surface area contributed by atoms with E-state index >= 15 is 0 Å². The molecule has 0 fully saturated rings. The first kappa shape index (κ1) is 40.4. The van der Waals surface area contributed by atoms with E-state index in [1.807, 2.05) is 48.5 Å². The standard InChI is InChI=1S/C45H58Cl2O4/c1-42(2,3)34-16-26(38(48)28(18-34)14-30-20-36(44(7,8)9)22-32(24-46)40(30)50)13-27-17-35(43(4,5)6)19-29(39(27)49)15-31-21-37(45(10,11)12)23-33(25-47)41(31)51/h16-23,48-51H,13-15,24-25H2,1-12H3. The van der Waals surface area contributed by atoms with Gasteiger partial charge in [0.1, 0.15) is 23.0 Å². The molecule has 0 aliphatic carbocycles. The van der Waals surface area contributed by atoms with Crippen molar-refractivity contribution >= 4 is 23.2 Å². The minimum atomic E-state index is -0.232. The zero-order valence-corrected chi connectivity index (χ0v) is 34.2. The van der Waals surface area contributed by atoms with Gasteiger partial charge in [0.15, 0.2) is 0 Å². The molecule has 51 heavy (non-hydrogen) atoms. The summed E-state index contributed by atoms with van der Waals surface area (Å²) in [5.41, 5.74) is 8.94. The maximum Gasteiger partial charge on any atom is 0.123 e. The SMILES string of the molecule is CC(C)(C)c1cc(CCl)c(O)c(Cc2cc(C(C)(C)C)cc(Cc3cc(C(C)(C)C)cc(Cc4cc(C(C)(C)C)cc(CCl)c4O)c3O)c2O)c1. The second kappa shape index (κ2) is 14.6. The van der Waals surface area contributed by atoms with Gasteiger partial charge in [-0.05, 0) is 77.3 Å². The van der Waals surface area contributed by atoms with Crippen LogP contribution in [0.3, 0.4) is 0 Å². The van der Waals surface area contributed by atoms with Gasteiger partial charge in [0.05, 0.1) is 11.8 Å². The van der Waals surface area contributed by atoms with Crippen molar-refractivity contribution in [2.45, 2.75) is 136 Å². The average Bonchev–Trinajstić information content (AvgIpc) is 3.00. The van der Waals surface area contributed by atoms with E-state index in [1.165, 1.54) is 0 Å². The molecule has 0 unspecified atom stereocenters. The molecule has 0 saturated carbocycles. The van der Waals surface area contributed by atoms with Crippen molar-refractivity contribution in [2.24, 2.45) is 0 Å². The first-order chi connectivity index (χ1) is 23.3. The van der Waals surface area contributed by atoms with Gasteiger partial charge in [0, 0.05) is 30.4 Å². The van der Waals surface area contributed by atoms with Crippen molar-refractivity contribution in [3.63, 3.8) is 0 Å². The van der Waals surface area contributed by atoms with Crippen LogP contribution in [-0.2, 0) is 52.7 Å². The monoisotopic (exact) mass is 732 g/mol. The van der Waals surface area contributed by atoms with Crippen molar-refractivity contribution in [1.82, 2.24) is 0 Å². The van der Waals surface area contributed by atoms with E-state index in [0.29, 0.717) is 57.3 Å². The zero-order chi connectivity index (χ0) is 38.4. The van der Waals surface area contributed by atoms with E-state index in [-0.39, 0.29) is 62.8 Å². The number of phenolic OH excluding ortho intramolecular Hbond substituents is 4. The van der Waals surface area contributed by atoms with Gasteiger partial charge in [-0.1, -0.05) is 132 Å². The predicted molar refractivity (Wildman–Crippen MR) is 215 cm³/mol. The molecular weight excluding hydrogens is 675 g/mol. The highest BCUT2D eigenvalue weighted by molar-refractivity contribution is 6.17. The highest BCUT2D eigenvalue weighted by atomic mass is 35.5. The second-order valence-corrected chi connectivity index (χ2v) is 18.9. The van der Waals surface area contributed by atoms with Gasteiger partial charge in [-0.25, -0.2) is 0 Å². The first-order valence-corrected chi connectivity index (χ1v) is 18.9. The number of halogens is 2. The minimum absolute atomic E-state index is 0.139. The lowest BCUT2D eigenvalue weighted by Crippen LogP contribution is -2.14. The smallest absolute Gasteiger partial charge is 0.123 e. The maximum atomic E-state index is 11.9. The van der Waals surface area contributed by atoms with Crippen LogP contribution in [0.4, 0.5) is 0 Å². The molecule has 0 amide bonds. The summed E-state index contributed by atoms with van der Waals surface area (Å²) in [6.07, 6.45) is 0.912.